The quantitative estimate of drug-likeness (QED) is 0.197. The monoisotopic (exact) mass is 617 g/mol. The Morgan fingerprint density at radius 1 is 0.583 bits per heavy atom. The summed E-state index contributed by atoms with van der Waals surface area (Å²) in [6, 6.07) is 38.1. The number of hydrogen-bond acceptors (Lipinski definition) is 5. The standard InChI is InChI=1S/C43H31N5/c44-23-29-17-34-35-24-45-15-14-36(35)43(32-19-30-18-31-20-38(43)42(30,31)22-32)37(34)21-33(29)41-47-39(26-10-5-2-6-11-26)46-40(48-41)28-13-7-12-27(16-28)25-8-3-1-4-9-25/h1-17,21,24,30-32,38H,18-20,22H2. The number of nitrogens with zero attached hydrogens (tertiary/aromatic N) is 5. The van der Waals surface area contributed by atoms with Crippen molar-refractivity contribution in [3.05, 3.63) is 132 Å². The first-order chi connectivity index (χ1) is 23.7. The highest BCUT2D eigenvalue weighted by atomic mass is 15.0. The second-order valence-electron chi connectivity index (χ2n) is 14.6. The molecule has 0 N–H and O–H groups in total. The average Bonchev–Trinajstić information content (AvgIpc) is 3.75. The summed E-state index contributed by atoms with van der Waals surface area (Å²) < 4.78 is 0. The fourth-order valence-corrected chi connectivity index (χ4v) is 11.3. The average molecular weight is 618 g/mol. The van der Waals surface area contributed by atoms with Gasteiger partial charge < -0.3 is 0 Å². The van der Waals surface area contributed by atoms with Gasteiger partial charge >= 0.3 is 0 Å². The number of benzene rings is 4. The van der Waals surface area contributed by atoms with Gasteiger partial charge in [-0.1, -0.05) is 78.9 Å². The van der Waals surface area contributed by atoms with Crippen LogP contribution in [-0.2, 0) is 5.41 Å². The van der Waals surface area contributed by atoms with Crippen molar-refractivity contribution in [2.45, 2.75) is 31.1 Å². The van der Waals surface area contributed by atoms with Crippen LogP contribution >= 0.6 is 0 Å². The molecule has 0 radical (unpaired) electrons. The molecule has 2 spiro atoms. The van der Waals surface area contributed by atoms with Gasteiger partial charge in [0.2, 0.25) is 0 Å². The molecule has 5 heteroatoms. The van der Waals surface area contributed by atoms with Crippen LogP contribution < -0.4 is 0 Å². The molecule has 5 aliphatic carbocycles. The van der Waals surface area contributed by atoms with E-state index >= 15 is 0 Å². The van der Waals surface area contributed by atoms with Gasteiger partial charge in [-0.25, -0.2) is 15.0 Å². The highest BCUT2D eigenvalue weighted by Gasteiger charge is 2.82. The van der Waals surface area contributed by atoms with Crippen molar-refractivity contribution in [3.8, 4) is 62.5 Å². The zero-order chi connectivity index (χ0) is 31.6. The summed E-state index contributed by atoms with van der Waals surface area (Å²) in [4.78, 5) is 19.9. The second-order valence-corrected chi connectivity index (χ2v) is 14.6. The smallest absolute Gasteiger partial charge is 0.165 e. The number of nitriles is 1. The Bertz CT molecular complexity index is 2360. The molecule has 6 aromatic rings. The van der Waals surface area contributed by atoms with Crippen LogP contribution in [-0.4, -0.2) is 19.9 Å². The van der Waals surface area contributed by atoms with E-state index in [-0.39, 0.29) is 5.41 Å². The van der Waals surface area contributed by atoms with Crippen molar-refractivity contribution in [2.24, 2.45) is 29.1 Å². The molecule has 5 nitrogen and oxygen atoms in total. The van der Waals surface area contributed by atoms with E-state index in [0.29, 0.717) is 40.3 Å². The number of aromatic nitrogens is 4. The summed E-state index contributed by atoms with van der Waals surface area (Å²) in [7, 11) is 0. The Morgan fingerprint density at radius 2 is 1.27 bits per heavy atom. The molecule has 4 saturated carbocycles. The molecule has 0 saturated heterocycles. The van der Waals surface area contributed by atoms with Crippen LogP contribution in [0.15, 0.2) is 116 Å². The topological polar surface area (TPSA) is 75.3 Å². The van der Waals surface area contributed by atoms with Crippen LogP contribution in [0, 0.1) is 40.4 Å². The van der Waals surface area contributed by atoms with Crippen LogP contribution in [0.25, 0.3) is 56.4 Å². The van der Waals surface area contributed by atoms with Gasteiger partial charge in [0.25, 0.3) is 0 Å². The van der Waals surface area contributed by atoms with Crippen molar-refractivity contribution >= 4 is 0 Å². The van der Waals surface area contributed by atoms with Crippen molar-refractivity contribution < 1.29 is 0 Å². The van der Waals surface area contributed by atoms with E-state index in [1.54, 1.807) is 0 Å². The number of rotatable bonds is 4. The molecule has 4 fully saturated rings. The molecule has 228 valence electrons. The lowest BCUT2D eigenvalue weighted by atomic mass is 9.34. The van der Waals surface area contributed by atoms with Crippen LogP contribution in [0.1, 0.15) is 42.4 Å². The van der Waals surface area contributed by atoms with Crippen molar-refractivity contribution in [2.75, 3.05) is 0 Å². The first kappa shape index (κ1) is 26.6. The van der Waals surface area contributed by atoms with Crippen molar-refractivity contribution in [1.29, 1.82) is 5.26 Å². The van der Waals surface area contributed by atoms with E-state index in [2.05, 4.69) is 77.8 Å². The largest absolute Gasteiger partial charge is 0.264 e. The van der Waals surface area contributed by atoms with E-state index in [9.17, 15) is 5.26 Å². The van der Waals surface area contributed by atoms with Gasteiger partial charge in [-0.2, -0.15) is 5.26 Å². The fraction of sp³-hybridized carbons (Fsp3) is 0.233. The Kier molecular flexibility index (Phi) is 5.16. The Balaban J connectivity index is 1.13. The molecule has 2 bridgehead atoms. The van der Waals surface area contributed by atoms with Gasteiger partial charge in [-0.05, 0) is 107 Å². The minimum absolute atomic E-state index is 0.0219. The summed E-state index contributed by atoms with van der Waals surface area (Å²) in [6.45, 7) is 0. The zero-order valence-electron chi connectivity index (χ0n) is 26.3. The molecule has 6 atom stereocenters. The lowest BCUT2D eigenvalue weighted by molar-refractivity contribution is -0.193. The normalized spacial score (nSPS) is 27.8. The zero-order valence-corrected chi connectivity index (χ0v) is 26.3. The van der Waals surface area contributed by atoms with Gasteiger partial charge in [0.1, 0.15) is 0 Å². The number of fused-ring (bicyclic) bond motifs is 8. The first-order valence-corrected chi connectivity index (χ1v) is 17.2. The molecule has 2 heterocycles. The molecule has 48 heavy (non-hydrogen) atoms. The maximum absolute atomic E-state index is 10.7. The number of hydrogen-bond donors (Lipinski definition) is 0. The van der Waals surface area contributed by atoms with E-state index in [0.717, 1.165) is 39.7 Å². The lowest BCUT2D eigenvalue weighted by Crippen LogP contribution is -2.65. The maximum atomic E-state index is 10.7. The van der Waals surface area contributed by atoms with E-state index in [4.69, 9.17) is 15.0 Å². The highest BCUT2D eigenvalue weighted by Crippen LogP contribution is 2.88. The van der Waals surface area contributed by atoms with Crippen LogP contribution in [0.3, 0.4) is 0 Å². The molecular formula is C43H31N5. The molecule has 5 aliphatic rings. The van der Waals surface area contributed by atoms with Crippen molar-refractivity contribution in [3.63, 3.8) is 0 Å². The molecule has 2 aromatic heterocycles. The summed E-state index contributed by atoms with van der Waals surface area (Å²) in [6.07, 6.45) is 9.42. The number of pyridine rings is 1. The molecule has 4 aromatic carbocycles. The predicted molar refractivity (Wildman–Crippen MR) is 185 cm³/mol. The van der Waals surface area contributed by atoms with Crippen LogP contribution in [0.2, 0.25) is 0 Å². The van der Waals surface area contributed by atoms with Gasteiger partial charge in [0.15, 0.2) is 17.5 Å². The Hall–Kier alpha value is -5.47. The second kappa shape index (κ2) is 9.33. The molecule has 0 aliphatic heterocycles. The minimum Gasteiger partial charge on any atom is -0.264 e. The van der Waals surface area contributed by atoms with Gasteiger partial charge in [0, 0.05) is 40.1 Å². The molecule has 6 unspecified atom stereocenters. The first-order valence-electron chi connectivity index (χ1n) is 17.2. The lowest BCUT2D eigenvalue weighted by Gasteiger charge is -2.70. The molecule has 0 amide bonds. The summed E-state index contributed by atoms with van der Waals surface area (Å²) in [5.41, 5.74) is 11.1. The Labute approximate surface area is 279 Å². The van der Waals surface area contributed by atoms with Crippen LogP contribution in [0.4, 0.5) is 0 Å². The van der Waals surface area contributed by atoms with E-state index in [1.807, 2.05) is 48.8 Å². The van der Waals surface area contributed by atoms with E-state index in [1.165, 1.54) is 47.9 Å². The molecular weight excluding hydrogens is 587 g/mol. The summed E-state index contributed by atoms with van der Waals surface area (Å²) in [5.74, 6) is 4.82. The highest BCUT2D eigenvalue weighted by molar-refractivity contribution is 5.87. The molecule has 11 rings (SSSR count). The fourth-order valence-electron chi connectivity index (χ4n) is 11.3. The Morgan fingerprint density at radius 3 is 2.04 bits per heavy atom. The van der Waals surface area contributed by atoms with Crippen LogP contribution in [0.5, 0.6) is 0 Å². The minimum atomic E-state index is -0.0219. The third-order valence-electron chi connectivity index (χ3n) is 13.0. The summed E-state index contributed by atoms with van der Waals surface area (Å²) in [5, 5.41) is 10.7. The van der Waals surface area contributed by atoms with E-state index < -0.39 is 0 Å². The van der Waals surface area contributed by atoms with Gasteiger partial charge in [0.05, 0.1) is 11.6 Å². The maximum Gasteiger partial charge on any atom is 0.165 e. The van der Waals surface area contributed by atoms with Crippen molar-refractivity contribution in [1.82, 2.24) is 19.9 Å². The summed E-state index contributed by atoms with van der Waals surface area (Å²) >= 11 is 0. The third-order valence-corrected chi connectivity index (χ3v) is 13.0. The van der Waals surface area contributed by atoms with Gasteiger partial charge in [-0.3, -0.25) is 4.98 Å². The predicted octanol–water partition coefficient (Wildman–Crippen LogP) is 9.14. The van der Waals surface area contributed by atoms with Gasteiger partial charge in [-0.15, -0.1) is 0 Å². The third kappa shape index (κ3) is 3.21. The SMILES string of the molecule is N#Cc1cc2c(cc1-c1nc(-c3ccccc3)nc(-c3cccc(-c4ccccc4)c3)n1)C1(c3ccncc3-2)C2CC3CC4CC1C34C2.